The summed E-state index contributed by atoms with van der Waals surface area (Å²) >= 11 is 0. The Hall–Kier alpha value is -1.18. The average molecular weight is 284 g/mol. The fourth-order valence-corrected chi connectivity index (χ4v) is 0.105. The SMILES string of the molecule is CCC.CCC.CN(C)NC=O.CNC.N.O=CO. The van der Waals surface area contributed by atoms with Crippen LogP contribution in [0.2, 0.25) is 0 Å². The van der Waals surface area contributed by atoms with Gasteiger partial charge < -0.3 is 16.6 Å². The van der Waals surface area contributed by atoms with Crippen molar-refractivity contribution in [2.24, 2.45) is 0 Å². The van der Waals surface area contributed by atoms with Crippen LogP contribution in [0.15, 0.2) is 0 Å². The van der Waals surface area contributed by atoms with Gasteiger partial charge in [0.15, 0.2) is 0 Å². The van der Waals surface area contributed by atoms with E-state index in [1.54, 1.807) is 19.1 Å². The van der Waals surface area contributed by atoms with Gasteiger partial charge in [-0.3, -0.25) is 15.0 Å². The Morgan fingerprint density at radius 2 is 1.16 bits per heavy atom. The summed E-state index contributed by atoms with van der Waals surface area (Å²) < 4.78 is 0. The Balaban J connectivity index is -0.0000000287. The molecule has 0 aliphatic carbocycles. The van der Waals surface area contributed by atoms with Gasteiger partial charge in [-0.15, -0.1) is 0 Å². The zero-order valence-electron chi connectivity index (χ0n) is 14.0. The molecule has 122 valence electrons. The maximum Gasteiger partial charge on any atom is 0.290 e. The lowest BCUT2D eigenvalue weighted by atomic mass is 10.6. The summed E-state index contributed by atoms with van der Waals surface area (Å²) in [4.78, 5) is 17.8. The summed E-state index contributed by atoms with van der Waals surface area (Å²) in [5.41, 5.74) is 2.36. The number of hydrogen-bond acceptors (Lipinski definition) is 5. The summed E-state index contributed by atoms with van der Waals surface area (Å²) in [6, 6.07) is 0. The molecule has 0 rings (SSSR count). The van der Waals surface area contributed by atoms with E-state index < -0.39 is 0 Å². The first-order valence-corrected chi connectivity index (χ1v) is 5.96. The molecule has 7 heteroatoms. The highest BCUT2D eigenvalue weighted by Crippen LogP contribution is 1.56. The average Bonchev–Trinajstić information content (AvgIpc) is 2.21. The standard InChI is InChI=1S/C3H8N2O.2C3H8.C2H7N.CH2O2.H3N/c1-5(2)4-3-6;3*1-3-2;2-1-3;/h3H,1-2H3,(H,4,6);2*3H2,1-2H3;3H,1-2H3;1H,(H,2,3);1H3. The monoisotopic (exact) mass is 284 g/mol. The van der Waals surface area contributed by atoms with Crippen molar-refractivity contribution in [3.8, 4) is 0 Å². The van der Waals surface area contributed by atoms with Crippen LogP contribution in [0.4, 0.5) is 0 Å². The topological polar surface area (TPSA) is 117 Å². The number of rotatable bonds is 2. The van der Waals surface area contributed by atoms with Gasteiger partial charge in [-0.05, 0) is 14.1 Å². The van der Waals surface area contributed by atoms with E-state index in [0.29, 0.717) is 6.41 Å². The van der Waals surface area contributed by atoms with Gasteiger partial charge in [0.25, 0.3) is 6.47 Å². The minimum Gasteiger partial charge on any atom is -0.483 e. The molecule has 0 aliphatic rings. The van der Waals surface area contributed by atoms with Crippen molar-refractivity contribution in [2.75, 3.05) is 28.2 Å². The highest BCUT2D eigenvalue weighted by atomic mass is 16.3. The van der Waals surface area contributed by atoms with Gasteiger partial charge >= 0.3 is 0 Å². The molecule has 0 spiro atoms. The Morgan fingerprint density at radius 1 is 1.00 bits per heavy atom. The second-order valence-corrected chi connectivity index (χ2v) is 3.16. The molecule has 0 aromatic heterocycles. The van der Waals surface area contributed by atoms with Crippen LogP contribution in [0.5, 0.6) is 0 Å². The van der Waals surface area contributed by atoms with E-state index in [4.69, 9.17) is 9.90 Å². The molecule has 6 N–H and O–H groups in total. The van der Waals surface area contributed by atoms with Crippen LogP contribution in [0.25, 0.3) is 0 Å². The number of carboxylic acid groups (broad SMARTS) is 1. The fraction of sp³-hybridized carbons (Fsp3) is 0.833. The predicted octanol–water partition coefficient (Wildman–Crippen LogP) is 1.74. The van der Waals surface area contributed by atoms with Gasteiger partial charge in [-0.2, -0.15) is 0 Å². The van der Waals surface area contributed by atoms with E-state index in [2.05, 4.69) is 38.4 Å². The zero-order valence-corrected chi connectivity index (χ0v) is 14.0. The first kappa shape index (κ1) is 36.1. The highest BCUT2D eigenvalue weighted by molar-refractivity contribution is 5.44. The molecule has 7 nitrogen and oxygen atoms in total. The third-order valence-corrected chi connectivity index (χ3v) is 0.311. The van der Waals surface area contributed by atoms with E-state index in [-0.39, 0.29) is 12.6 Å². The van der Waals surface area contributed by atoms with Crippen LogP contribution < -0.4 is 16.9 Å². The molecule has 1 amide bonds. The van der Waals surface area contributed by atoms with E-state index in [1.165, 1.54) is 12.8 Å². The first-order chi connectivity index (χ1) is 8.43. The third-order valence-electron chi connectivity index (χ3n) is 0.311. The van der Waals surface area contributed by atoms with Gasteiger partial charge in [0.1, 0.15) is 0 Å². The first-order valence-electron chi connectivity index (χ1n) is 5.96. The summed E-state index contributed by atoms with van der Waals surface area (Å²) in [7, 11) is 7.24. The summed E-state index contributed by atoms with van der Waals surface area (Å²) in [6.45, 7) is 8.25. The van der Waals surface area contributed by atoms with Crippen LogP contribution in [-0.4, -0.2) is 51.2 Å². The van der Waals surface area contributed by atoms with Gasteiger partial charge in [-0.25, -0.2) is 5.01 Å². The van der Waals surface area contributed by atoms with Crippen LogP contribution in [-0.2, 0) is 9.59 Å². The zero-order chi connectivity index (χ0) is 15.8. The van der Waals surface area contributed by atoms with E-state index >= 15 is 0 Å². The molecule has 0 aromatic carbocycles. The van der Waals surface area contributed by atoms with Gasteiger partial charge in [0.2, 0.25) is 6.41 Å². The lowest BCUT2D eigenvalue weighted by Gasteiger charge is -2.03. The van der Waals surface area contributed by atoms with Crippen molar-refractivity contribution in [3.05, 3.63) is 0 Å². The van der Waals surface area contributed by atoms with Crippen molar-refractivity contribution in [2.45, 2.75) is 40.5 Å². The molecule has 0 saturated heterocycles. The molecular formula is C12H36N4O3. The third kappa shape index (κ3) is 1120. The quantitative estimate of drug-likeness (QED) is 0.453. The number of hydrogen-bond donors (Lipinski definition) is 4. The molecule has 0 heterocycles. The van der Waals surface area contributed by atoms with Crippen molar-refractivity contribution in [1.82, 2.24) is 21.9 Å². The Bertz CT molecular complexity index is 110. The molecule has 0 bridgehead atoms. The van der Waals surface area contributed by atoms with Gasteiger partial charge in [-0.1, -0.05) is 40.5 Å². The van der Waals surface area contributed by atoms with Gasteiger partial charge in [0, 0.05) is 14.1 Å². The molecule has 0 unspecified atom stereocenters. The maximum atomic E-state index is 9.46. The maximum absolute atomic E-state index is 9.46. The molecule has 19 heavy (non-hydrogen) atoms. The number of hydrazine groups is 1. The molecular weight excluding hydrogens is 248 g/mol. The Labute approximate surface area is 119 Å². The summed E-state index contributed by atoms with van der Waals surface area (Å²) in [5, 5.41) is 11.2. The van der Waals surface area contributed by atoms with E-state index in [0.717, 1.165) is 0 Å². The Morgan fingerprint density at radius 3 is 1.16 bits per heavy atom. The lowest BCUT2D eigenvalue weighted by Crippen LogP contribution is -2.28. The minimum absolute atomic E-state index is 0. The normalized spacial score (nSPS) is 6.16. The number of amides is 1. The van der Waals surface area contributed by atoms with Crippen molar-refractivity contribution < 1.29 is 14.7 Å². The second-order valence-electron chi connectivity index (χ2n) is 3.16. The highest BCUT2D eigenvalue weighted by Gasteiger charge is 1.74. The van der Waals surface area contributed by atoms with E-state index in [9.17, 15) is 4.79 Å². The molecule has 0 radical (unpaired) electrons. The van der Waals surface area contributed by atoms with Gasteiger partial charge in [0.05, 0.1) is 0 Å². The molecule has 0 atom stereocenters. The second kappa shape index (κ2) is 68.8. The number of nitrogens with zero attached hydrogens (tertiary/aromatic N) is 1. The summed E-state index contributed by atoms with van der Waals surface area (Å²) in [5.74, 6) is 0. The summed E-state index contributed by atoms with van der Waals surface area (Å²) in [6.07, 6.45) is 3.12. The Kier molecular flexibility index (Phi) is 131. The van der Waals surface area contributed by atoms with E-state index in [1.807, 2.05) is 14.1 Å². The lowest BCUT2D eigenvalue weighted by molar-refractivity contribution is -0.122. The van der Waals surface area contributed by atoms with Crippen molar-refractivity contribution in [3.63, 3.8) is 0 Å². The smallest absolute Gasteiger partial charge is 0.290 e. The van der Waals surface area contributed by atoms with Crippen LogP contribution in [0.1, 0.15) is 40.5 Å². The molecule has 0 aliphatic heterocycles. The predicted molar refractivity (Wildman–Crippen MR) is 83.5 cm³/mol. The fourth-order valence-electron chi connectivity index (χ4n) is 0.105. The van der Waals surface area contributed by atoms with Crippen molar-refractivity contribution in [1.29, 1.82) is 0 Å². The molecule has 0 saturated carbocycles. The van der Waals surface area contributed by atoms with Crippen LogP contribution in [0, 0.1) is 0 Å². The number of carbonyl (C=O) groups is 2. The molecule has 0 fully saturated rings. The molecule has 0 aromatic rings. The largest absolute Gasteiger partial charge is 0.483 e. The minimum atomic E-state index is -0.250. The van der Waals surface area contributed by atoms with Crippen molar-refractivity contribution >= 4 is 12.9 Å². The van der Waals surface area contributed by atoms with Crippen LogP contribution in [0.3, 0.4) is 0 Å². The van der Waals surface area contributed by atoms with Crippen LogP contribution >= 0.6 is 0 Å². The number of nitrogens with one attached hydrogen (secondary N) is 2. The number of carbonyl (C=O) groups excluding carboxylic acids is 1.